The van der Waals surface area contributed by atoms with E-state index in [1.165, 1.54) is 0 Å². The zero-order chi connectivity index (χ0) is 14.7. The summed E-state index contributed by atoms with van der Waals surface area (Å²) in [6.07, 6.45) is 0. The highest BCUT2D eigenvalue weighted by atomic mass is 16.5. The quantitative estimate of drug-likeness (QED) is 0.754. The number of rotatable bonds is 2. The van der Waals surface area contributed by atoms with Crippen LogP contribution < -0.4 is 11.1 Å². The van der Waals surface area contributed by atoms with Gasteiger partial charge >= 0.3 is 0 Å². The third-order valence-corrected chi connectivity index (χ3v) is 3.43. The van der Waals surface area contributed by atoms with Gasteiger partial charge in [-0.2, -0.15) is 0 Å². The Morgan fingerprint density at radius 1 is 1.45 bits per heavy atom. The minimum absolute atomic E-state index is 0.188. The zero-order valence-corrected chi connectivity index (χ0v) is 11.7. The lowest BCUT2D eigenvalue weighted by atomic mass is 10.0. The lowest BCUT2D eigenvalue weighted by Crippen LogP contribution is -2.55. The van der Waals surface area contributed by atoms with E-state index in [9.17, 15) is 9.59 Å². The monoisotopic (exact) mass is 277 g/mol. The second kappa shape index (κ2) is 5.92. The molecule has 6 heteroatoms. The van der Waals surface area contributed by atoms with Crippen LogP contribution >= 0.6 is 0 Å². The molecule has 0 bridgehead atoms. The van der Waals surface area contributed by atoms with E-state index >= 15 is 0 Å². The first-order valence-electron chi connectivity index (χ1n) is 6.51. The van der Waals surface area contributed by atoms with Gasteiger partial charge < -0.3 is 20.7 Å². The molecule has 1 fully saturated rings. The number of aryl methyl sites for hydroxylation is 1. The van der Waals surface area contributed by atoms with Crippen LogP contribution in [-0.2, 0) is 9.53 Å². The van der Waals surface area contributed by atoms with Gasteiger partial charge in [-0.05, 0) is 24.6 Å². The smallest absolute Gasteiger partial charge is 0.255 e. The van der Waals surface area contributed by atoms with E-state index in [4.69, 9.17) is 10.5 Å². The van der Waals surface area contributed by atoms with Gasteiger partial charge in [0.05, 0.1) is 13.2 Å². The second-order valence-corrected chi connectivity index (χ2v) is 4.78. The number of carbonyl (C=O) groups is 2. The molecule has 1 atom stereocenters. The molecule has 2 amide bonds. The van der Waals surface area contributed by atoms with E-state index in [2.05, 4.69) is 5.32 Å². The minimum Gasteiger partial charge on any atom is -0.399 e. The Morgan fingerprint density at radius 2 is 2.20 bits per heavy atom. The number of hydrogen-bond donors (Lipinski definition) is 2. The van der Waals surface area contributed by atoms with Crippen LogP contribution in [0.25, 0.3) is 0 Å². The van der Waals surface area contributed by atoms with Gasteiger partial charge in [0, 0.05) is 24.8 Å². The van der Waals surface area contributed by atoms with Crippen molar-refractivity contribution in [2.24, 2.45) is 0 Å². The molecule has 6 nitrogen and oxygen atoms in total. The van der Waals surface area contributed by atoms with Gasteiger partial charge in [0.1, 0.15) is 6.04 Å². The topological polar surface area (TPSA) is 84.7 Å². The van der Waals surface area contributed by atoms with Crippen molar-refractivity contribution < 1.29 is 14.3 Å². The van der Waals surface area contributed by atoms with Crippen LogP contribution in [0.3, 0.4) is 0 Å². The Kier molecular flexibility index (Phi) is 4.24. The van der Waals surface area contributed by atoms with Gasteiger partial charge in [-0.15, -0.1) is 0 Å². The van der Waals surface area contributed by atoms with Crippen molar-refractivity contribution in [3.63, 3.8) is 0 Å². The Hall–Kier alpha value is -2.08. The number of morpholine rings is 1. The van der Waals surface area contributed by atoms with E-state index in [1.807, 2.05) is 6.92 Å². The number of anilines is 1. The summed E-state index contributed by atoms with van der Waals surface area (Å²) in [6.45, 7) is 2.89. The fraction of sp³-hybridized carbons (Fsp3) is 0.429. The second-order valence-electron chi connectivity index (χ2n) is 4.78. The van der Waals surface area contributed by atoms with Gasteiger partial charge in [-0.3, -0.25) is 9.59 Å². The van der Waals surface area contributed by atoms with Crippen LogP contribution in [0.5, 0.6) is 0 Å². The molecule has 20 heavy (non-hydrogen) atoms. The van der Waals surface area contributed by atoms with E-state index in [0.717, 1.165) is 5.56 Å². The summed E-state index contributed by atoms with van der Waals surface area (Å²) in [5, 5.41) is 2.56. The first kappa shape index (κ1) is 14.3. The lowest BCUT2D eigenvalue weighted by molar-refractivity contribution is -0.130. The van der Waals surface area contributed by atoms with Gasteiger partial charge in [-0.1, -0.05) is 6.07 Å². The average Bonchev–Trinajstić information content (AvgIpc) is 2.48. The third-order valence-electron chi connectivity index (χ3n) is 3.43. The predicted molar refractivity (Wildman–Crippen MR) is 75.3 cm³/mol. The molecule has 0 aliphatic carbocycles. The normalized spacial score (nSPS) is 18.7. The summed E-state index contributed by atoms with van der Waals surface area (Å²) in [5.74, 6) is -0.411. The molecule has 0 aromatic heterocycles. The van der Waals surface area contributed by atoms with E-state index in [1.54, 1.807) is 30.1 Å². The molecule has 1 aliphatic heterocycles. The number of nitrogens with zero attached hydrogens (tertiary/aromatic N) is 1. The first-order valence-corrected chi connectivity index (χ1v) is 6.51. The number of ether oxygens (including phenoxy) is 1. The van der Waals surface area contributed by atoms with Crippen molar-refractivity contribution >= 4 is 17.5 Å². The van der Waals surface area contributed by atoms with Crippen molar-refractivity contribution in [3.8, 4) is 0 Å². The maximum Gasteiger partial charge on any atom is 0.255 e. The standard InChI is InChI=1S/C14H19N3O3/c1-9-3-4-10(15)7-11(9)14(19)17-5-6-20-8-12(17)13(18)16-2/h3-4,7,12H,5-6,8,15H2,1-2H3,(H,16,18). The number of likely N-dealkylation sites (N-methyl/N-ethyl adjacent to an activating group) is 1. The van der Waals surface area contributed by atoms with Gasteiger partial charge in [0.2, 0.25) is 5.91 Å². The molecule has 3 N–H and O–H groups in total. The summed E-state index contributed by atoms with van der Waals surface area (Å²) in [7, 11) is 1.55. The summed E-state index contributed by atoms with van der Waals surface area (Å²) in [5.41, 5.74) is 7.64. The Labute approximate surface area is 117 Å². The summed E-state index contributed by atoms with van der Waals surface area (Å²) in [6, 6.07) is 4.61. The fourth-order valence-electron chi connectivity index (χ4n) is 2.26. The maximum atomic E-state index is 12.6. The maximum absolute atomic E-state index is 12.6. The minimum atomic E-state index is -0.595. The van der Waals surface area contributed by atoms with Gasteiger partial charge in [0.25, 0.3) is 5.91 Å². The summed E-state index contributed by atoms with van der Waals surface area (Å²) < 4.78 is 5.30. The van der Waals surface area contributed by atoms with Crippen LogP contribution in [-0.4, -0.2) is 49.6 Å². The van der Waals surface area contributed by atoms with E-state index < -0.39 is 6.04 Å². The molecule has 1 heterocycles. The molecule has 108 valence electrons. The lowest BCUT2D eigenvalue weighted by Gasteiger charge is -2.34. The van der Waals surface area contributed by atoms with Crippen molar-refractivity contribution in [2.45, 2.75) is 13.0 Å². The Balaban J connectivity index is 2.30. The zero-order valence-electron chi connectivity index (χ0n) is 11.7. The van der Waals surface area contributed by atoms with E-state index in [-0.39, 0.29) is 18.4 Å². The molecule has 0 radical (unpaired) electrons. The number of benzene rings is 1. The van der Waals surface area contributed by atoms with Crippen LogP contribution in [0.1, 0.15) is 15.9 Å². The number of amides is 2. The molecule has 1 aromatic carbocycles. The Bertz CT molecular complexity index is 530. The van der Waals surface area contributed by atoms with Crippen molar-refractivity contribution in [3.05, 3.63) is 29.3 Å². The van der Waals surface area contributed by atoms with Gasteiger partial charge in [0.15, 0.2) is 0 Å². The largest absolute Gasteiger partial charge is 0.399 e. The molecule has 1 saturated heterocycles. The third kappa shape index (κ3) is 2.75. The number of nitrogens with one attached hydrogen (secondary N) is 1. The van der Waals surface area contributed by atoms with E-state index in [0.29, 0.717) is 24.4 Å². The fourth-order valence-corrected chi connectivity index (χ4v) is 2.26. The van der Waals surface area contributed by atoms with Crippen LogP contribution in [0.15, 0.2) is 18.2 Å². The molecule has 2 rings (SSSR count). The molecule has 0 saturated carbocycles. The molecule has 1 unspecified atom stereocenters. The molecule has 1 aliphatic rings. The van der Waals surface area contributed by atoms with Gasteiger partial charge in [-0.25, -0.2) is 0 Å². The van der Waals surface area contributed by atoms with Crippen LogP contribution in [0.4, 0.5) is 5.69 Å². The molecular weight excluding hydrogens is 258 g/mol. The first-order chi connectivity index (χ1) is 9.54. The molecule has 0 spiro atoms. The Morgan fingerprint density at radius 3 is 2.90 bits per heavy atom. The summed E-state index contributed by atoms with van der Waals surface area (Å²) in [4.78, 5) is 26.0. The predicted octanol–water partition coefficient (Wildman–Crippen LogP) is 0.164. The average molecular weight is 277 g/mol. The number of carbonyl (C=O) groups excluding carboxylic acids is 2. The summed E-state index contributed by atoms with van der Waals surface area (Å²) >= 11 is 0. The van der Waals surface area contributed by atoms with Crippen LogP contribution in [0, 0.1) is 6.92 Å². The van der Waals surface area contributed by atoms with Crippen LogP contribution in [0.2, 0.25) is 0 Å². The van der Waals surface area contributed by atoms with Crippen molar-refractivity contribution in [1.82, 2.24) is 10.2 Å². The van der Waals surface area contributed by atoms with Crippen molar-refractivity contribution in [1.29, 1.82) is 0 Å². The van der Waals surface area contributed by atoms with Crippen molar-refractivity contribution in [2.75, 3.05) is 32.5 Å². The SMILES string of the molecule is CNC(=O)C1COCCN1C(=O)c1cc(N)ccc1C. The highest BCUT2D eigenvalue weighted by Gasteiger charge is 2.33. The number of nitrogen functional groups attached to an aromatic ring is 1. The molecular formula is C14H19N3O3. The highest BCUT2D eigenvalue weighted by Crippen LogP contribution is 2.18. The molecule has 1 aromatic rings. The number of hydrogen-bond acceptors (Lipinski definition) is 4. The highest BCUT2D eigenvalue weighted by molar-refractivity contribution is 5.99. The number of nitrogens with two attached hydrogens (primary N) is 1.